The molecular weight excluding hydrogens is 343 g/mol. The highest BCUT2D eigenvalue weighted by molar-refractivity contribution is 7.92. The highest BCUT2D eigenvalue weighted by Gasteiger charge is 2.33. The van der Waals surface area contributed by atoms with E-state index in [9.17, 15) is 26.7 Å². The molecule has 0 fully saturated rings. The van der Waals surface area contributed by atoms with E-state index in [1.807, 2.05) is 13.8 Å². The molecule has 2 rings (SSSR count). The van der Waals surface area contributed by atoms with Crippen molar-refractivity contribution < 1.29 is 26.7 Å². The van der Waals surface area contributed by atoms with Crippen molar-refractivity contribution in [1.82, 2.24) is 0 Å². The second-order valence-corrected chi connectivity index (χ2v) is 7.18. The van der Waals surface area contributed by atoms with Gasteiger partial charge in [0.05, 0.1) is 11.3 Å². The van der Waals surface area contributed by atoms with Crippen LogP contribution in [0.15, 0.2) is 47.4 Å². The molecule has 2 N–H and O–H groups in total. The van der Waals surface area contributed by atoms with Gasteiger partial charge < -0.3 is 5.11 Å². The van der Waals surface area contributed by atoms with Gasteiger partial charge in [-0.15, -0.1) is 0 Å². The van der Waals surface area contributed by atoms with Crippen molar-refractivity contribution in [1.29, 1.82) is 0 Å². The lowest BCUT2D eigenvalue weighted by molar-refractivity contribution is -0.137. The average Bonchev–Trinajstić information content (AvgIpc) is 2.46. The van der Waals surface area contributed by atoms with E-state index in [2.05, 4.69) is 4.72 Å². The standard InChI is InChI=1S/C16H16F3NO3S/c1-10(2)12-5-3-4-6-13(12)20-24(22,23)15-9-11(16(17,18)19)7-8-14(15)21/h3-10,20-21H,1-2H3. The Labute approximate surface area is 138 Å². The first kappa shape index (κ1) is 18.1. The zero-order valence-electron chi connectivity index (χ0n) is 12.9. The summed E-state index contributed by atoms with van der Waals surface area (Å²) in [7, 11) is -4.38. The molecule has 0 unspecified atom stereocenters. The Kier molecular flexibility index (Phi) is 4.80. The molecule has 8 heteroatoms. The number of phenols is 1. The summed E-state index contributed by atoms with van der Waals surface area (Å²) in [5.74, 6) is -0.753. The third kappa shape index (κ3) is 3.81. The first-order valence-electron chi connectivity index (χ1n) is 7.04. The summed E-state index contributed by atoms with van der Waals surface area (Å²) < 4.78 is 65.5. The van der Waals surface area contributed by atoms with Crippen LogP contribution in [-0.4, -0.2) is 13.5 Å². The van der Waals surface area contributed by atoms with E-state index >= 15 is 0 Å². The lowest BCUT2D eigenvalue weighted by atomic mass is 10.0. The number of aromatic hydroxyl groups is 1. The fraction of sp³-hybridized carbons (Fsp3) is 0.250. The largest absolute Gasteiger partial charge is 0.507 e. The molecule has 0 aliphatic heterocycles. The molecule has 130 valence electrons. The smallest absolute Gasteiger partial charge is 0.416 e. The summed E-state index contributed by atoms with van der Waals surface area (Å²) in [5, 5.41) is 9.71. The van der Waals surface area contributed by atoms with E-state index in [1.54, 1.807) is 18.2 Å². The van der Waals surface area contributed by atoms with E-state index in [0.29, 0.717) is 23.8 Å². The Hall–Kier alpha value is -2.22. The molecule has 0 radical (unpaired) electrons. The minimum absolute atomic E-state index is 0.000920. The second kappa shape index (κ2) is 6.35. The summed E-state index contributed by atoms with van der Waals surface area (Å²) in [5.41, 5.74) is -0.213. The van der Waals surface area contributed by atoms with Gasteiger partial charge in [-0.2, -0.15) is 13.2 Å². The number of hydrogen-bond donors (Lipinski definition) is 2. The van der Waals surface area contributed by atoms with Crippen LogP contribution in [0.5, 0.6) is 5.75 Å². The Bertz CT molecular complexity index is 846. The van der Waals surface area contributed by atoms with E-state index in [1.165, 1.54) is 6.07 Å². The lowest BCUT2D eigenvalue weighted by Gasteiger charge is -2.16. The van der Waals surface area contributed by atoms with Gasteiger partial charge >= 0.3 is 6.18 Å². The van der Waals surface area contributed by atoms with E-state index in [4.69, 9.17) is 0 Å². The Morgan fingerprint density at radius 1 is 1.08 bits per heavy atom. The maximum absolute atomic E-state index is 12.8. The van der Waals surface area contributed by atoms with Crippen LogP contribution < -0.4 is 4.72 Å². The monoisotopic (exact) mass is 359 g/mol. The number of halogens is 3. The van der Waals surface area contributed by atoms with Crippen LogP contribution in [0.1, 0.15) is 30.9 Å². The van der Waals surface area contributed by atoms with Gasteiger partial charge in [-0.3, -0.25) is 4.72 Å². The molecule has 0 aliphatic carbocycles. The normalized spacial score (nSPS) is 12.4. The van der Waals surface area contributed by atoms with Gasteiger partial charge in [-0.25, -0.2) is 8.42 Å². The van der Waals surface area contributed by atoms with Gasteiger partial charge in [0, 0.05) is 0 Å². The number of nitrogens with one attached hydrogen (secondary N) is 1. The molecule has 0 aliphatic rings. The third-order valence-corrected chi connectivity index (χ3v) is 4.80. The summed E-state index contributed by atoms with van der Waals surface area (Å²) in [6.07, 6.45) is -4.71. The van der Waals surface area contributed by atoms with Gasteiger partial charge in [-0.05, 0) is 35.7 Å². The van der Waals surface area contributed by atoms with Gasteiger partial charge in [0.25, 0.3) is 10.0 Å². The molecule has 0 saturated carbocycles. The highest BCUT2D eigenvalue weighted by atomic mass is 32.2. The van der Waals surface area contributed by atoms with Gasteiger partial charge in [-0.1, -0.05) is 32.0 Å². The van der Waals surface area contributed by atoms with Crippen molar-refractivity contribution in [2.75, 3.05) is 4.72 Å². The van der Waals surface area contributed by atoms with Crippen LogP contribution in [0.25, 0.3) is 0 Å². The fourth-order valence-corrected chi connectivity index (χ4v) is 3.41. The van der Waals surface area contributed by atoms with Crippen molar-refractivity contribution in [2.24, 2.45) is 0 Å². The number of phenolic OH excluding ortho intramolecular Hbond substituents is 1. The molecule has 2 aromatic rings. The molecule has 0 bridgehead atoms. The van der Waals surface area contributed by atoms with Crippen molar-refractivity contribution in [3.63, 3.8) is 0 Å². The van der Waals surface area contributed by atoms with E-state index in [0.717, 1.165) is 0 Å². The number of benzene rings is 2. The molecule has 0 saturated heterocycles. The van der Waals surface area contributed by atoms with Crippen molar-refractivity contribution in [2.45, 2.75) is 30.8 Å². The van der Waals surface area contributed by atoms with Crippen LogP contribution >= 0.6 is 0 Å². The Morgan fingerprint density at radius 3 is 2.29 bits per heavy atom. The van der Waals surface area contributed by atoms with Crippen molar-refractivity contribution in [3.05, 3.63) is 53.6 Å². The number of sulfonamides is 1. The Morgan fingerprint density at radius 2 is 1.71 bits per heavy atom. The van der Waals surface area contributed by atoms with Crippen LogP contribution in [-0.2, 0) is 16.2 Å². The molecule has 0 aromatic heterocycles. The number of rotatable bonds is 4. The van der Waals surface area contributed by atoms with Crippen LogP contribution in [0.2, 0.25) is 0 Å². The van der Waals surface area contributed by atoms with Crippen LogP contribution in [0.4, 0.5) is 18.9 Å². The molecule has 2 aromatic carbocycles. The SMILES string of the molecule is CC(C)c1ccccc1NS(=O)(=O)c1cc(C(F)(F)F)ccc1O. The molecule has 0 heterocycles. The molecule has 0 atom stereocenters. The topological polar surface area (TPSA) is 66.4 Å². The van der Waals surface area contributed by atoms with Crippen LogP contribution in [0.3, 0.4) is 0 Å². The second-order valence-electron chi connectivity index (χ2n) is 5.53. The van der Waals surface area contributed by atoms with Crippen molar-refractivity contribution in [3.8, 4) is 5.75 Å². The first-order chi connectivity index (χ1) is 11.0. The summed E-state index contributed by atoms with van der Waals surface area (Å²) in [6, 6.07) is 8.31. The highest BCUT2D eigenvalue weighted by Crippen LogP contribution is 2.35. The number of para-hydroxylation sites is 1. The van der Waals surface area contributed by atoms with Crippen molar-refractivity contribution >= 4 is 15.7 Å². The average molecular weight is 359 g/mol. The molecular formula is C16H16F3NO3S. The van der Waals surface area contributed by atoms with Crippen LogP contribution in [0, 0.1) is 0 Å². The maximum atomic E-state index is 12.8. The number of hydrogen-bond acceptors (Lipinski definition) is 3. The number of alkyl halides is 3. The fourth-order valence-electron chi connectivity index (χ4n) is 2.20. The minimum atomic E-state index is -4.71. The molecule has 4 nitrogen and oxygen atoms in total. The predicted molar refractivity (Wildman–Crippen MR) is 84.4 cm³/mol. The molecule has 24 heavy (non-hydrogen) atoms. The number of anilines is 1. The van der Waals surface area contributed by atoms with Gasteiger partial charge in [0.15, 0.2) is 0 Å². The maximum Gasteiger partial charge on any atom is 0.416 e. The van der Waals surface area contributed by atoms with Gasteiger partial charge in [0.1, 0.15) is 10.6 Å². The quantitative estimate of drug-likeness (QED) is 0.854. The summed E-state index contributed by atoms with van der Waals surface area (Å²) in [6.45, 7) is 3.71. The Balaban J connectivity index is 2.49. The first-order valence-corrected chi connectivity index (χ1v) is 8.52. The third-order valence-electron chi connectivity index (χ3n) is 3.40. The predicted octanol–water partition coefficient (Wildman–Crippen LogP) is 4.34. The molecule has 0 spiro atoms. The zero-order chi connectivity index (χ0) is 18.1. The van der Waals surface area contributed by atoms with Gasteiger partial charge in [0.2, 0.25) is 0 Å². The summed E-state index contributed by atoms with van der Waals surface area (Å²) >= 11 is 0. The lowest BCUT2D eigenvalue weighted by Crippen LogP contribution is -2.16. The van der Waals surface area contributed by atoms with E-state index < -0.39 is 32.4 Å². The summed E-state index contributed by atoms with van der Waals surface area (Å²) in [4.78, 5) is -0.823. The minimum Gasteiger partial charge on any atom is -0.507 e. The zero-order valence-corrected chi connectivity index (χ0v) is 13.7. The van der Waals surface area contributed by atoms with E-state index in [-0.39, 0.29) is 11.6 Å². The molecule has 0 amide bonds.